The molecule has 7 nitrogen and oxygen atoms in total. The zero-order valence-corrected chi connectivity index (χ0v) is 22.0. The van der Waals surface area contributed by atoms with Crippen molar-refractivity contribution in [2.75, 3.05) is 23.9 Å². The molecule has 0 saturated carbocycles. The van der Waals surface area contributed by atoms with Crippen molar-refractivity contribution in [1.29, 1.82) is 0 Å². The Morgan fingerprint density at radius 1 is 1.11 bits per heavy atom. The first-order valence-corrected chi connectivity index (χ1v) is 12.6. The van der Waals surface area contributed by atoms with Crippen molar-refractivity contribution in [3.8, 4) is 11.3 Å². The summed E-state index contributed by atoms with van der Waals surface area (Å²) in [6.07, 6.45) is 1.75. The molecule has 2 aromatic carbocycles. The van der Waals surface area contributed by atoms with Crippen LogP contribution in [0.4, 0.5) is 11.4 Å². The van der Waals surface area contributed by atoms with Crippen molar-refractivity contribution < 1.29 is 13.9 Å². The Kier molecular flexibility index (Phi) is 7.43. The standard InChI is InChI=1S/C27H22Cl2N4O3S/c1-35-15-24(34)31-17-6-8-18(9-7-17)33-26(25(32-27(33)37)21-4-2-3-13-30-21)23-12-11-22(36-23)16-5-10-19(28)20(29)14-16/h2-14,25-26H,15H2,1H3,(H,31,34)(H,32,37)/t25-,26-/m0/s1. The van der Waals surface area contributed by atoms with Crippen LogP contribution in [0.25, 0.3) is 11.3 Å². The number of ether oxygens (including phenoxy) is 1. The summed E-state index contributed by atoms with van der Waals surface area (Å²) in [7, 11) is 1.48. The van der Waals surface area contributed by atoms with Crippen molar-refractivity contribution in [3.05, 3.63) is 100 Å². The Morgan fingerprint density at radius 2 is 1.92 bits per heavy atom. The summed E-state index contributed by atoms with van der Waals surface area (Å²) >= 11 is 18.1. The third-order valence-corrected chi connectivity index (χ3v) is 6.98. The molecule has 10 heteroatoms. The maximum absolute atomic E-state index is 11.9. The van der Waals surface area contributed by atoms with Gasteiger partial charge >= 0.3 is 0 Å². The van der Waals surface area contributed by atoms with Crippen LogP contribution in [0.15, 0.2) is 83.4 Å². The molecule has 3 heterocycles. The van der Waals surface area contributed by atoms with E-state index in [0.717, 1.165) is 16.9 Å². The number of halogens is 2. The van der Waals surface area contributed by atoms with E-state index in [0.29, 0.717) is 32.4 Å². The van der Waals surface area contributed by atoms with E-state index in [4.69, 9.17) is 44.6 Å². The van der Waals surface area contributed by atoms with Gasteiger partial charge in [0.2, 0.25) is 5.91 Å². The Balaban J connectivity index is 1.51. The summed E-state index contributed by atoms with van der Waals surface area (Å²) < 4.78 is 11.2. The fourth-order valence-electron chi connectivity index (χ4n) is 4.27. The largest absolute Gasteiger partial charge is 0.459 e. The van der Waals surface area contributed by atoms with Crippen molar-refractivity contribution in [1.82, 2.24) is 10.3 Å². The van der Waals surface area contributed by atoms with Gasteiger partial charge in [0.05, 0.1) is 21.8 Å². The highest BCUT2D eigenvalue weighted by Crippen LogP contribution is 2.43. The van der Waals surface area contributed by atoms with E-state index in [9.17, 15) is 4.79 Å². The van der Waals surface area contributed by atoms with Crippen LogP contribution in [-0.4, -0.2) is 29.7 Å². The van der Waals surface area contributed by atoms with Crippen LogP contribution in [0.2, 0.25) is 10.0 Å². The Morgan fingerprint density at radius 3 is 2.62 bits per heavy atom. The van der Waals surface area contributed by atoms with E-state index >= 15 is 0 Å². The number of carbonyl (C=O) groups excluding carboxylic acids is 1. The lowest BCUT2D eigenvalue weighted by Crippen LogP contribution is -2.29. The number of benzene rings is 2. The van der Waals surface area contributed by atoms with E-state index in [1.54, 1.807) is 18.3 Å². The second kappa shape index (κ2) is 10.9. The topological polar surface area (TPSA) is 79.6 Å². The molecule has 188 valence electrons. The molecule has 1 saturated heterocycles. The number of anilines is 2. The van der Waals surface area contributed by atoms with Crippen molar-refractivity contribution in [2.24, 2.45) is 0 Å². The van der Waals surface area contributed by atoms with Crippen LogP contribution in [0, 0.1) is 0 Å². The third-order valence-electron chi connectivity index (χ3n) is 5.93. The number of nitrogens with one attached hydrogen (secondary N) is 2. The smallest absolute Gasteiger partial charge is 0.250 e. The lowest BCUT2D eigenvalue weighted by Gasteiger charge is -2.26. The van der Waals surface area contributed by atoms with Gasteiger partial charge in [-0.1, -0.05) is 29.3 Å². The molecule has 0 spiro atoms. The van der Waals surface area contributed by atoms with E-state index in [-0.39, 0.29) is 24.6 Å². The fraction of sp³-hybridized carbons (Fsp3) is 0.148. The Bertz CT molecular complexity index is 1430. The van der Waals surface area contributed by atoms with E-state index in [2.05, 4.69) is 15.6 Å². The normalized spacial score (nSPS) is 17.1. The first kappa shape index (κ1) is 25.2. The molecule has 0 unspecified atom stereocenters. The molecule has 1 aliphatic rings. The molecule has 1 aliphatic heterocycles. The van der Waals surface area contributed by atoms with Crippen LogP contribution >= 0.6 is 35.4 Å². The number of hydrogen-bond acceptors (Lipinski definition) is 5. The van der Waals surface area contributed by atoms with Crippen molar-refractivity contribution in [2.45, 2.75) is 12.1 Å². The highest BCUT2D eigenvalue weighted by atomic mass is 35.5. The lowest BCUT2D eigenvalue weighted by atomic mass is 10.0. The molecule has 0 bridgehead atoms. The number of rotatable bonds is 7. The summed E-state index contributed by atoms with van der Waals surface area (Å²) in [5.41, 5.74) is 3.12. The first-order valence-electron chi connectivity index (χ1n) is 11.4. The molecule has 5 rings (SSSR count). The van der Waals surface area contributed by atoms with Gasteiger partial charge in [0.1, 0.15) is 24.2 Å². The average Bonchev–Trinajstić information content (AvgIpc) is 3.51. The van der Waals surface area contributed by atoms with Crippen molar-refractivity contribution >= 4 is 57.8 Å². The molecule has 0 aliphatic carbocycles. The summed E-state index contributed by atoms with van der Waals surface area (Å²) in [4.78, 5) is 18.4. The van der Waals surface area contributed by atoms with Gasteiger partial charge in [-0.3, -0.25) is 9.78 Å². The zero-order chi connectivity index (χ0) is 25.9. The molecule has 2 aromatic heterocycles. The van der Waals surface area contributed by atoms with Crippen LogP contribution < -0.4 is 15.5 Å². The molecular formula is C27H22Cl2N4O3S. The number of hydrogen-bond donors (Lipinski definition) is 2. The van der Waals surface area contributed by atoms with E-state index < -0.39 is 0 Å². The van der Waals surface area contributed by atoms with E-state index in [1.165, 1.54) is 7.11 Å². The maximum Gasteiger partial charge on any atom is 0.250 e. The van der Waals surface area contributed by atoms with Crippen LogP contribution in [0.5, 0.6) is 0 Å². The lowest BCUT2D eigenvalue weighted by molar-refractivity contribution is -0.119. The molecule has 2 atom stereocenters. The van der Waals surface area contributed by atoms with Gasteiger partial charge in [0.25, 0.3) is 0 Å². The predicted octanol–water partition coefficient (Wildman–Crippen LogP) is 6.41. The monoisotopic (exact) mass is 552 g/mol. The number of carbonyl (C=O) groups is 1. The maximum atomic E-state index is 11.9. The first-order chi connectivity index (χ1) is 17.9. The Labute approximate surface area is 229 Å². The minimum absolute atomic E-state index is 0.0185. The number of aromatic nitrogens is 1. The number of nitrogens with zero attached hydrogens (tertiary/aromatic N) is 2. The van der Waals surface area contributed by atoms with Gasteiger partial charge < -0.3 is 24.7 Å². The van der Waals surface area contributed by atoms with E-state index in [1.807, 2.05) is 65.6 Å². The van der Waals surface area contributed by atoms with Crippen LogP contribution in [-0.2, 0) is 9.53 Å². The summed E-state index contributed by atoms with van der Waals surface area (Å²) in [6, 6.07) is 21.8. The second-order valence-electron chi connectivity index (χ2n) is 8.36. The third kappa shape index (κ3) is 5.33. The number of pyridine rings is 1. The number of methoxy groups -OCH3 is 1. The molecular weight excluding hydrogens is 531 g/mol. The molecule has 2 N–H and O–H groups in total. The number of furan rings is 1. The second-order valence-corrected chi connectivity index (χ2v) is 9.56. The molecule has 0 radical (unpaired) electrons. The molecule has 37 heavy (non-hydrogen) atoms. The quantitative estimate of drug-likeness (QED) is 0.256. The minimum Gasteiger partial charge on any atom is -0.459 e. The van der Waals surface area contributed by atoms with Gasteiger partial charge in [-0.25, -0.2) is 0 Å². The van der Waals surface area contributed by atoms with Gasteiger partial charge in [-0.15, -0.1) is 0 Å². The van der Waals surface area contributed by atoms with Gasteiger partial charge in [-0.05, 0) is 78.9 Å². The Hall–Kier alpha value is -3.43. The molecule has 1 amide bonds. The fourth-order valence-corrected chi connectivity index (χ4v) is 4.92. The number of amides is 1. The van der Waals surface area contributed by atoms with Crippen LogP contribution in [0.1, 0.15) is 23.5 Å². The van der Waals surface area contributed by atoms with Crippen LogP contribution in [0.3, 0.4) is 0 Å². The average molecular weight is 553 g/mol. The highest BCUT2D eigenvalue weighted by Gasteiger charge is 2.42. The summed E-state index contributed by atoms with van der Waals surface area (Å²) in [5, 5.41) is 7.67. The summed E-state index contributed by atoms with van der Waals surface area (Å²) in [5.74, 6) is 1.12. The zero-order valence-electron chi connectivity index (χ0n) is 19.7. The SMILES string of the molecule is COCC(=O)Nc1ccc(N2C(=S)N[C@@H](c3ccccn3)[C@@H]2c2ccc(-c3ccc(Cl)c(Cl)c3)o2)cc1. The molecule has 4 aromatic rings. The predicted molar refractivity (Wildman–Crippen MR) is 149 cm³/mol. The van der Waals surface area contributed by atoms with Gasteiger partial charge in [-0.2, -0.15) is 0 Å². The van der Waals surface area contributed by atoms with Gasteiger partial charge in [0.15, 0.2) is 5.11 Å². The number of thiocarbonyl (C=S) groups is 1. The van der Waals surface area contributed by atoms with Gasteiger partial charge in [0, 0.05) is 30.2 Å². The minimum atomic E-state index is -0.326. The summed E-state index contributed by atoms with van der Waals surface area (Å²) in [6.45, 7) is -0.0185. The van der Waals surface area contributed by atoms with Crippen molar-refractivity contribution in [3.63, 3.8) is 0 Å². The molecule has 1 fully saturated rings. The highest BCUT2D eigenvalue weighted by molar-refractivity contribution is 7.80.